The fraction of sp³-hybridized carbons (Fsp3) is 0.563. The zero-order valence-corrected chi connectivity index (χ0v) is 86.0. The molecule has 3 radical (unpaired) electrons. The molecule has 6 saturated carbocycles. The Morgan fingerprint density at radius 3 is 1.33 bits per heavy atom. The van der Waals surface area contributed by atoms with E-state index < -0.39 is 31.0 Å². The number of aromatic nitrogens is 6. The van der Waals surface area contributed by atoms with Crippen molar-refractivity contribution in [3.63, 3.8) is 0 Å². The molecule has 8 fully saturated rings. The number of H-pyrrole nitrogens is 1. The van der Waals surface area contributed by atoms with Gasteiger partial charge in [0.15, 0.2) is 23.0 Å². The smallest absolute Gasteiger partial charge is 1.00 e. The van der Waals surface area contributed by atoms with Gasteiger partial charge in [0, 0.05) is 131 Å². The predicted octanol–water partition coefficient (Wildman–Crippen LogP) is 19.8. The third-order valence-corrected chi connectivity index (χ3v) is 27.9. The number of aliphatic hydroxyl groups excluding tert-OH is 1. The molecule has 0 bridgehead atoms. The molecule has 6 aliphatic carbocycles. The van der Waals surface area contributed by atoms with Crippen LogP contribution in [0.3, 0.4) is 0 Å². The Bertz CT molecular complexity index is 5730. The van der Waals surface area contributed by atoms with E-state index in [0.717, 1.165) is 162 Å². The number of benzene rings is 4. The summed E-state index contributed by atoms with van der Waals surface area (Å²) in [6.07, 6.45) is 22.4. The minimum atomic E-state index is -3.70. The number of hydrogen-bond donors (Lipinski definition) is 4. The van der Waals surface area contributed by atoms with Gasteiger partial charge < -0.3 is 56.0 Å². The van der Waals surface area contributed by atoms with Crippen molar-refractivity contribution in [1.82, 2.24) is 20.0 Å². The number of aliphatic hydroxyl groups is 1. The monoisotopic (exact) mass is 2150 g/mol. The number of pyridine rings is 2. The third-order valence-electron chi connectivity index (χ3n) is 25.2. The van der Waals surface area contributed by atoms with Crippen LogP contribution >= 0.6 is 45.7 Å². The Hall–Kier alpha value is -9.10. The first-order chi connectivity index (χ1) is 62.1. The van der Waals surface area contributed by atoms with Crippen molar-refractivity contribution in [2.75, 3.05) is 56.2 Å². The fourth-order valence-electron chi connectivity index (χ4n) is 16.0. The van der Waals surface area contributed by atoms with Gasteiger partial charge in [-0.25, -0.2) is 8.42 Å². The second kappa shape index (κ2) is 61.9. The van der Waals surface area contributed by atoms with E-state index in [4.69, 9.17) is 79.8 Å². The third kappa shape index (κ3) is 39.4. The Balaban J connectivity index is -0.000000779. The van der Waals surface area contributed by atoms with Gasteiger partial charge in [-0.3, -0.25) is 28.3 Å². The summed E-state index contributed by atoms with van der Waals surface area (Å²) in [5.74, 6) is -0.140. The number of anilines is 2. The van der Waals surface area contributed by atoms with Gasteiger partial charge in [-0.05, 0) is 218 Å². The maximum absolute atomic E-state index is 12.7. The van der Waals surface area contributed by atoms with Crippen LogP contribution in [0.25, 0.3) is 21.8 Å². The largest absolute Gasteiger partial charge is 1.00 e. The summed E-state index contributed by atoms with van der Waals surface area (Å²) >= 11 is 2.15. The van der Waals surface area contributed by atoms with Crippen molar-refractivity contribution < 1.29 is 109 Å². The molecule has 2 spiro atoms. The summed E-state index contributed by atoms with van der Waals surface area (Å²) in [5, 5.41) is 105. The summed E-state index contributed by atoms with van der Waals surface area (Å²) in [7, 11) is 0.866. The van der Waals surface area contributed by atoms with Gasteiger partial charge in [0.05, 0.1) is 161 Å². The summed E-state index contributed by atoms with van der Waals surface area (Å²) < 4.78 is 87.2. The number of ether oxygens (including phenoxy) is 6. The van der Waals surface area contributed by atoms with Crippen LogP contribution in [0.2, 0.25) is 0 Å². The number of ketones is 1. The SMILES string of the molecule is C.C.C.C.C.C.C.CC1(C#N)CCC(=O)CC1.CC1(C#N)CCC(O)CC1.CC1(C#N)CCC2(CC1)OCCO2.CI.COc1cc2[nH]ncc2cc1NC(=O)c1cccc(C)[n+]1[O-].COc1cc2nn(C3CCC(C)(C#N)CC3)cc2cc1NC(=O)c1cccc(C)[n+]1[O-].Cc1ccc(S(=O)(=O)Cl)cc1.Cc1ccc(S(=O)(=O)OC2CCC(C)(C#N)CC2)cc1.Cl.N#CC1CCC2(CC1)OCCO2.[B].[H-].[Na+]. The van der Waals surface area contributed by atoms with Crippen LogP contribution in [0.4, 0.5) is 11.4 Å². The molecule has 16 rings (SSSR count). The Morgan fingerprint density at radius 2 is 0.922 bits per heavy atom. The molecule has 38 heteroatoms. The summed E-state index contributed by atoms with van der Waals surface area (Å²) in [6, 6.07) is 43.8. The Labute approximate surface area is 888 Å². The minimum Gasteiger partial charge on any atom is -1.00 e. The molecule has 8 aromatic rings. The normalized spacial score (nSPS) is 21.2. The van der Waals surface area contributed by atoms with E-state index in [2.05, 4.69) is 79.8 Å². The number of methoxy groups -OCH3 is 2. The van der Waals surface area contributed by atoms with Gasteiger partial charge in [0.2, 0.25) is 0 Å². The van der Waals surface area contributed by atoms with Gasteiger partial charge in [-0.1, -0.05) is 110 Å². The topological polar surface area (TPSA) is 472 Å². The molecule has 31 nitrogen and oxygen atoms in total. The fourth-order valence-corrected chi connectivity index (χ4v) is 17.9. The number of nitrogens with one attached hydrogen (secondary N) is 3. The van der Waals surface area contributed by atoms with Gasteiger partial charge in [0.1, 0.15) is 17.3 Å². The quantitative estimate of drug-likeness (QED) is 0.0178. The summed E-state index contributed by atoms with van der Waals surface area (Å²) in [6.45, 7) is 19.8. The number of halogens is 3. The van der Waals surface area contributed by atoms with Crippen LogP contribution in [0, 0.1) is 139 Å². The number of carbonyl (C=O) groups excluding carboxylic acids is 3. The first-order valence-electron chi connectivity index (χ1n) is 43.8. The van der Waals surface area contributed by atoms with Crippen LogP contribution in [0.15, 0.2) is 131 Å². The van der Waals surface area contributed by atoms with Gasteiger partial charge >= 0.3 is 41.4 Å². The van der Waals surface area contributed by atoms with Crippen LogP contribution in [-0.4, -0.2) is 137 Å². The Morgan fingerprint density at radius 1 is 0.546 bits per heavy atom. The second-order valence-electron chi connectivity index (χ2n) is 35.6. The molecular weight excluding hydrogens is 2000 g/mol. The number of aryl methyl sites for hydroxylation is 4. The molecule has 771 valence electrons. The molecule has 4 N–H and O–H groups in total. The average Bonchev–Trinajstić information content (AvgIpc) is 1.79. The summed E-state index contributed by atoms with van der Waals surface area (Å²) in [5.41, 5.74) is 4.34. The van der Waals surface area contributed by atoms with Crippen LogP contribution in [-0.2, 0) is 47.1 Å². The first-order valence-corrected chi connectivity index (χ1v) is 49.7. The van der Waals surface area contributed by atoms with Crippen molar-refractivity contribution in [1.29, 1.82) is 31.6 Å². The van der Waals surface area contributed by atoms with E-state index in [0.29, 0.717) is 101 Å². The Kier molecular flexibility index (Phi) is 59.7. The van der Waals surface area contributed by atoms with Crippen molar-refractivity contribution in [2.24, 2.45) is 33.0 Å². The van der Waals surface area contributed by atoms with E-state index >= 15 is 0 Å². The summed E-state index contributed by atoms with van der Waals surface area (Å²) in [4.78, 5) is 38.1. The molecule has 6 heterocycles. The van der Waals surface area contributed by atoms with E-state index in [1.54, 1.807) is 98.9 Å². The second-order valence-corrected chi connectivity index (χ2v) is 39.8. The molecule has 8 aliphatic rings. The molecular formula is C103H150BCl2IN14NaO17S2. The molecule has 2 amide bonds. The van der Waals surface area contributed by atoms with E-state index in [9.17, 15) is 46.9 Å². The molecule has 0 unspecified atom stereocenters. The van der Waals surface area contributed by atoms with Crippen molar-refractivity contribution in [2.45, 2.75) is 308 Å². The number of amides is 2. The molecule has 2 saturated heterocycles. The number of carbonyl (C=O) groups is 3. The maximum Gasteiger partial charge on any atom is 1.00 e. The number of aromatic amines is 1. The number of alkyl halides is 1. The zero-order valence-electron chi connectivity index (χ0n) is 79.6. The average molecular weight is 2150 g/mol. The van der Waals surface area contributed by atoms with Crippen molar-refractivity contribution >= 4 is 124 Å². The number of hydrogen-bond acceptors (Lipinski definition) is 25. The first kappa shape index (κ1) is 136. The molecule has 2 aliphatic heterocycles. The van der Waals surface area contributed by atoms with E-state index in [1.165, 1.54) is 38.5 Å². The van der Waals surface area contributed by atoms with Gasteiger partial charge in [-0.2, -0.15) is 59.6 Å². The van der Waals surface area contributed by atoms with Crippen molar-refractivity contribution in [3.05, 3.63) is 166 Å². The standard InChI is InChI=1S/C23H25N5O3.C15H14N4O3.C15H19NO3S.C10H15NO2.C9H13NO2.C8H13NO.C8H11NO.C7H7ClO2S.CH3I.7CH4.B.ClH.Na.H/c1-15-5-4-6-20(28(15)30)22(29)25-19-11-16-13-27(26-18(16)12-21(19)31-3)17-7-9-23(2,14-24)10-8-17;1-9-4-3-5-13(19(9)21)15(20)17-12-6-10-8-16-18-11(10)7-14(12)22-2;1-12-3-5-14(6-4-12)20(17,18)19-13-7-9-15(2,11-16)10-8-13;1-9(8-11)2-4-10(5-3-9)12-6-7-13-10;10-7-8-1-3-9(4-2-8)11-5-6-12-9;2*1-8(6-9)4-2-7(10)3-5-8;1-6-2-4-7(5-3-6)11(8,9)10;1-2;;;;;;;;;;;/h4-6,11-13,17H,7-10H2,1-3H3,(H,25,29);3-8H,1-2H3,(H,16,18)(H,17,20);3-6,13H,7-10H2,1-2H3;2-7H2,1H3;8H,1-6H2;7,10H,2-5H2,1H3;2-5H2,1H3;2-5H,1H3;1H3;7*1H4;;1H;;/q;;;;;;;;;;;;;;;;;;+1;-1. The molecule has 4 aromatic heterocycles. The van der Waals surface area contributed by atoms with Crippen LogP contribution in [0.5, 0.6) is 11.5 Å². The molecule has 141 heavy (non-hydrogen) atoms. The predicted molar refractivity (Wildman–Crippen MR) is 562 cm³/mol. The number of rotatable bonds is 11. The maximum atomic E-state index is 12.7. The van der Waals surface area contributed by atoms with Gasteiger partial charge in [-0.15, -0.1) is 12.4 Å². The van der Waals surface area contributed by atoms with Crippen LogP contribution in [0.1, 0.15) is 292 Å². The van der Waals surface area contributed by atoms with Crippen LogP contribution < -0.4 is 59.1 Å². The number of Topliss-reactive ketones (excluding diaryl/α,β-unsaturated/α-hetero) is 1. The van der Waals surface area contributed by atoms with E-state index in [-0.39, 0.29) is 188 Å². The van der Waals surface area contributed by atoms with E-state index in [1.807, 2.05) is 70.3 Å². The van der Waals surface area contributed by atoms with Gasteiger partial charge in [0.25, 0.3) is 30.6 Å². The molecule has 4 aromatic carbocycles. The number of nitrogens with zero attached hydrogens (tertiary/aromatic N) is 11. The number of fused-ring (bicyclic) bond motifs is 2. The minimum absolute atomic E-state index is 0. The molecule has 0 atom stereocenters. The zero-order chi connectivity index (χ0) is 96.2. The van der Waals surface area contributed by atoms with Crippen molar-refractivity contribution in [3.8, 4) is 47.9 Å². The number of nitriles is 6.